The van der Waals surface area contributed by atoms with Gasteiger partial charge in [-0.25, -0.2) is 13.9 Å². The zero-order valence-corrected chi connectivity index (χ0v) is 30.1. The highest BCUT2D eigenvalue weighted by Crippen LogP contribution is 2.44. The number of nitrogens with zero attached hydrogens (tertiary/aromatic N) is 3. The topological polar surface area (TPSA) is 76.5 Å². The predicted octanol–water partition coefficient (Wildman–Crippen LogP) is 9.92. The average Bonchev–Trinajstić information content (AvgIpc) is 3.50. The van der Waals surface area contributed by atoms with Crippen LogP contribution in [0.15, 0.2) is 127 Å². The number of fused-ring (bicyclic) bond motifs is 1. The summed E-state index contributed by atoms with van der Waals surface area (Å²) in [5.41, 5.74) is 2.74. The molecular formula is C43H40ClFN4O3. The number of amides is 2. The molecule has 9 heteroatoms. The molecule has 0 saturated carbocycles. The number of carbonyl (C=O) groups excluding carboxylic acids is 2. The van der Waals surface area contributed by atoms with Gasteiger partial charge in [-0.1, -0.05) is 115 Å². The third kappa shape index (κ3) is 6.66. The molecule has 0 radical (unpaired) electrons. The molecule has 1 fully saturated rings. The lowest BCUT2D eigenvalue weighted by Gasteiger charge is -2.37. The van der Waals surface area contributed by atoms with Crippen LogP contribution in [0.25, 0.3) is 22.0 Å². The highest BCUT2D eigenvalue weighted by molar-refractivity contribution is 6.33. The number of likely N-dealkylation sites (tertiary alicyclic amines) is 1. The van der Waals surface area contributed by atoms with E-state index in [1.54, 1.807) is 17.0 Å². The van der Waals surface area contributed by atoms with Crippen molar-refractivity contribution in [3.05, 3.63) is 155 Å². The molecule has 0 bridgehead atoms. The van der Waals surface area contributed by atoms with E-state index in [2.05, 4.69) is 41.7 Å². The summed E-state index contributed by atoms with van der Waals surface area (Å²) in [6.07, 6.45) is 0.813. The molecule has 1 unspecified atom stereocenters. The number of aromatic nitrogens is 2. The second-order valence-electron chi connectivity index (χ2n) is 14.2. The molecule has 0 spiro atoms. The van der Waals surface area contributed by atoms with Crippen molar-refractivity contribution in [1.29, 1.82) is 0 Å². The van der Waals surface area contributed by atoms with Gasteiger partial charge in [0.25, 0.3) is 0 Å². The Labute approximate surface area is 308 Å². The molecule has 1 aliphatic heterocycles. The van der Waals surface area contributed by atoms with Crippen LogP contribution in [0.1, 0.15) is 50.3 Å². The van der Waals surface area contributed by atoms with Crippen LogP contribution in [-0.4, -0.2) is 45.4 Å². The van der Waals surface area contributed by atoms with Crippen molar-refractivity contribution in [2.24, 2.45) is 5.92 Å². The maximum absolute atomic E-state index is 15.3. The maximum atomic E-state index is 15.3. The summed E-state index contributed by atoms with van der Waals surface area (Å²) in [7, 11) is 0. The van der Waals surface area contributed by atoms with E-state index in [1.165, 1.54) is 6.07 Å². The molecular weight excluding hydrogens is 675 g/mol. The fraction of sp³-hybridized carbons (Fsp3) is 0.233. The Kier molecular flexibility index (Phi) is 9.60. The highest BCUT2D eigenvalue weighted by Gasteiger charge is 2.41. The van der Waals surface area contributed by atoms with Crippen molar-refractivity contribution in [2.75, 3.05) is 18.4 Å². The van der Waals surface area contributed by atoms with E-state index in [4.69, 9.17) is 21.4 Å². The number of piperidine rings is 1. The van der Waals surface area contributed by atoms with Crippen molar-refractivity contribution in [3.63, 3.8) is 0 Å². The maximum Gasteiger partial charge on any atom is 0.410 e. The molecule has 1 N–H and O–H groups in total. The molecule has 7 nitrogen and oxygen atoms in total. The first-order chi connectivity index (χ1) is 25.1. The summed E-state index contributed by atoms with van der Waals surface area (Å²) >= 11 is 6.57. The second kappa shape index (κ2) is 14.3. The van der Waals surface area contributed by atoms with E-state index in [9.17, 15) is 9.59 Å². The molecule has 0 aliphatic carbocycles. The van der Waals surface area contributed by atoms with Gasteiger partial charge >= 0.3 is 6.09 Å². The van der Waals surface area contributed by atoms with Crippen LogP contribution in [0.5, 0.6) is 0 Å². The van der Waals surface area contributed by atoms with E-state index >= 15 is 4.39 Å². The number of benzene rings is 5. The van der Waals surface area contributed by atoms with E-state index in [0.29, 0.717) is 41.7 Å². The predicted molar refractivity (Wildman–Crippen MR) is 204 cm³/mol. The fourth-order valence-electron chi connectivity index (χ4n) is 7.20. The Morgan fingerprint density at radius 1 is 0.827 bits per heavy atom. The molecule has 5 aromatic carbocycles. The van der Waals surface area contributed by atoms with Gasteiger partial charge in [0.15, 0.2) is 5.82 Å². The van der Waals surface area contributed by atoms with Crippen LogP contribution in [-0.2, 0) is 15.1 Å². The Morgan fingerprint density at radius 3 is 1.98 bits per heavy atom. The van der Waals surface area contributed by atoms with Crippen LogP contribution in [0.4, 0.5) is 15.0 Å². The number of halogens is 2. The normalized spacial score (nSPS) is 15.0. The third-order valence-corrected chi connectivity index (χ3v) is 9.82. The molecule has 52 heavy (non-hydrogen) atoms. The number of carbonyl (C=O) groups is 2. The molecule has 264 valence electrons. The van der Waals surface area contributed by atoms with Crippen molar-refractivity contribution in [2.45, 2.75) is 44.8 Å². The first kappa shape index (κ1) is 35.0. The van der Waals surface area contributed by atoms with Crippen molar-refractivity contribution in [1.82, 2.24) is 14.7 Å². The SMILES string of the molecule is CC(C)(C)OC(=O)N1CCCC(C(=O)Nc2nn(C(c3ccccc3)(c3ccccc3)c3ccccc3)c3ccc(-c4c(F)cccc4Cl)cc23)C1. The molecule has 1 aliphatic rings. The minimum atomic E-state index is -0.986. The minimum Gasteiger partial charge on any atom is -0.444 e. The highest BCUT2D eigenvalue weighted by atomic mass is 35.5. The molecule has 2 amide bonds. The zero-order valence-electron chi connectivity index (χ0n) is 29.4. The smallest absolute Gasteiger partial charge is 0.410 e. The molecule has 1 atom stereocenters. The van der Waals surface area contributed by atoms with Crippen molar-refractivity contribution < 1.29 is 18.7 Å². The third-order valence-electron chi connectivity index (χ3n) is 9.51. The Bertz CT molecular complexity index is 2100. The largest absolute Gasteiger partial charge is 0.444 e. The van der Waals surface area contributed by atoms with Gasteiger partial charge in [0.1, 0.15) is 17.0 Å². The van der Waals surface area contributed by atoms with Gasteiger partial charge < -0.3 is 15.0 Å². The van der Waals surface area contributed by atoms with Gasteiger partial charge in [-0.3, -0.25) is 4.79 Å². The first-order valence-electron chi connectivity index (χ1n) is 17.5. The lowest BCUT2D eigenvalue weighted by molar-refractivity contribution is -0.121. The minimum absolute atomic E-state index is 0.220. The Morgan fingerprint density at radius 2 is 1.42 bits per heavy atom. The quantitative estimate of drug-likeness (QED) is 0.167. The summed E-state index contributed by atoms with van der Waals surface area (Å²) in [6, 6.07) is 40.6. The van der Waals surface area contributed by atoms with Crippen LogP contribution >= 0.6 is 11.6 Å². The number of rotatable bonds is 7. The number of hydrogen-bond donors (Lipinski definition) is 1. The lowest BCUT2D eigenvalue weighted by atomic mass is 9.77. The zero-order chi connectivity index (χ0) is 36.5. The average molecular weight is 715 g/mol. The van der Waals surface area contributed by atoms with Crippen LogP contribution in [0.3, 0.4) is 0 Å². The summed E-state index contributed by atoms with van der Waals surface area (Å²) in [5, 5.41) is 9.28. The van der Waals surface area contributed by atoms with E-state index < -0.39 is 29.0 Å². The molecule has 2 heterocycles. The van der Waals surface area contributed by atoms with Gasteiger partial charge in [0.05, 0.1) is 16.5 Å². The molecule has 6 aromatic rings. The number of hydrogen-bond acceptors (Lipinski definition) is 4. The fourth-order valence-corrected chi connectivity index (χ4v) is 7.47. The van der Waals surface area contributed by atoms with Crippen LogP contribution in [0, 0.1) is 11.7 Å². The van der Waals surface area contributed by atoms with Gasteiger partial charge in [0, 0.05) is 24.0 Å². The van der Waals surface area contributed by atoms with Gasteiger partial charge in [-0.05, 0) is 80.1 Å². The van der Waals surface area contributed by atoms with Crippen LogP contribution in [0.2, 0.25) is 5.02 Å². The standard InChI is InChI=1S/C43H40ClFN4O3/c1-42(2,3)52-41(51)48-26-14-15-30(28-48)40(50)46-39-34-27-29(38-35(44)22-13-23-36(38)45)24-25-37(34)49(47-39)43(31-16-7-4-8-17-31,32-18-9-5-10-19-32)33-20-11-6-12-21-33/h4-13,16-25,27,30H,14-15,26,28H2,1-3H3,(H,46,47,50). The summed E-state index contributed by atoms with van der Waals surface area (Å²) in [6.45, 7) is 6.20. The van der Waals surface area contributed by atoms with E-state index in [-0.39, 0.29) is 23.0 Å². The van der Waals surface area contributed by atoms with Gasteiger partial charge in [0.2, 0.25) is 5.91 Å². The van der Waals surface area contributed by atoms with Gasteiger partial charge in [-0.15, -0.1) is 0 Å². The van der Waals surface area contributed by atoms with Crippen molar-refractivity contribution in [3.8, 4) is 11.1 Å². The van der Waals surface area contributed by atoms with Gasteiger partial charge in [-0.2, -0.15) is 5.10 Å². The van der Waals surface area contributed by atoms with E-state index in [0.717, 1.165) is 16.7 Å². The lowest BCUT2D eigenvalue weighted by Crippen LogP contribution is -2.45. The number of ether oxygens (including phenoxy) is 1. The molecule has 7 rings (SSSR count). The molecule has 1 saturated heterocycles. The summed E-state index contributed by atoms with van der Waals surface area (Å²) in [4.78, 5) is 28.7. The summed E-state index contributed by atoms with van der Waals surface area (Å²) in [5.74, 6) is -0.899. The Hall–Kier alpha value is -5.47. The van der Waals surface area contributed by atoms with Crippen LogP contribution < -0.4 is 5.32 Å². The summed E-state index contributed by atoms with van der Waals surface area (Å²) < 4.78 is 22.9. The molecule has 1 aromatic heterocycles. The second-order valence-corrected chi connectivity index (χ2v) is 14.6. The number of nitrogens with one attached hydrogen (secondary N) is 1. The number of anilines is 1. The van der Waals surface area contributed by atoms with E-state index in [1.807, 2.05) is 98.2 Å². The monoisotopic (exact) mass is 714 g/mol. The first-order valence-corrected chi connectivity index (χ1v) is 17.9. The van der Waals surface area contributed by atoms with Crippen molar-refractivity contribution >= 4 is 40.3 Å². The Balaban J connectivity index is 1.42.